The van der Waals surface area contributed by atoms with Gasteiger partial charge >= 0.3 is 6.03 Å². The molecule has 7 heteroatoms. The fourth-order valence-corrected chi connectivity index (χ4v) is 3.42. The second-order valence-corrected chi connectivity index (χ2v) is 6.93. The second kappa shape index (κ2) is 8.12. The van der Waals surface area contributed by atoms with Crippen LogP contribution >= 0.6 is 0 Å². The highest BCUT2D eigenvalue weighted by Crippen LogP contribution is 2.26. The van der Waals surface area contributed by atoms with Crippen molar-refractivity contribution in [2.45, 2.75) is 32.4 Å². The zero-order chi connectivity index (χ0) is 20.3. The van der Waals surface area contributed by atoms with Crippen molar-refractivity contribution < 1.29 is 14.4 Å². The number of likely N-dealkylation sites (tertiary alicyclic amines) is 1. The molecule has 28 heavy (non-hydrogen) atoms. The van der Waals surface area contributed by atoms with Crippen LogP contribution in [0.3, 0.4) is 0 Å². The smallest absolute Gasteiger partial charge is 0.329 e. The van der Waals surface area contributed by atoms with Crippen LogP contribution in [0.15, 0.2) is 54.6 Å². The molecule has 1 aliphatic heterocycles. The van der Waals surface area contributed by atoms with Gasteiger partial charge in [0.2, 0.25) is 11.8 Å². The van der Waals surface area contributed by atoms with Gasteiger partial charge in [0.05, 0.1) is 17.8 Å². The molecular formula is C21H24N4O3. The van der Waals surface area contributed by atoms with E-state index < -0.39 is 11.9 Å². The summed E-state index contributed by atoms with van der Waals surface area (Å²) in [4.78, 5) is 40.0. The molecule has 1 aliphatic rings. The van der Waals surface area contributed by atoms with Crippen LogP contribution in [0.4, 0.5) is 16.2 Å². The highest BCUT2D eigenvalue weighted by atomic mass is 16.2. The summed E-state index contributed by atoms with van der Waals surface area (Å²) >= 11 is 0. The monoisotopic (exact) mass is 380 g/mol. The van der Waals surface area contributed by atoms with Crippen LogP contribution in [-0.2, 0) is 9.59 Å². The molecule has 7 nitrogen and oxygen atoms in total. The van der Waals surface area contributed by atoms with Crippen LogP contribution in [0.1, 0.15) is 31.9 Å². The predicted octanol–water partition coefficient (Wildman–Crippen LogP) is 2.69. The van der Waals surface area contributed by atoms with Crippen molar-refractivity contribution in [3.8, 4) is 0 Å². The molecule has 2 atom stereocenters. The first kappa shape index (κ1) is 19.4. The zero-order valence-corrected chi connectivity index (χ0v) is 16.0. The number of nitrogens with two attached hydrogens (primary N) is 1. The maximum atomic E-state index is 12.7. The van der Waals surface area contributed by atoms with Gasteiger partial charge in [-0.1, -0.05) is 30.3 Å². The Bertz CT molecular complexity index is 867. The fraction of sp³-hybridized carbons (Fsp3) is 0.286. The number of imide groups is 1. The number of urea groups is 1. The van der Waals surface area contributed by atoms with Crippen molar-refractivity contribution in [2.24, 2.45) is 0 Å². The maximum absolute atomic E-state index is 12.7. The number of anilines is 2. The van der Waals surface area contributed by atoms with Crippen molar-refractivity contribution in [3.63, 3.8) is 0 Å². The van der Waals surface area contributed by atoms with E-state index in [0.29, 0.717) is 17.9 Å². The molecule has 2 aromatic rings. The van der Waals surface area contributed by atoms with E-state index in [9.17, 15) is 14.4 Å². The minimum absolute atomic E-state index is 0.0245. The van der Waals surface area contributed by atoms with E-state index in [1.807, 2.05) is 37.3 Å². The van der Waals surface area contributed by atoms with Gasteiger partial charge in [-0.2, -0.15) is 0 Å². The van der Waals surface area contributed by atoms with Crippen molar-refractivity contribution in [3.05, 3.63) is 60.2 Å². The Kier molecular flexibility index (Phi) is 5.63. The lowest BCUT2D eigenvalue weighted by Crippen LogP contribution is -2.48. The summed E-state index contributed by atoms with van der Waals surface area (Å²) in [5, 5.41) is 2.81. The first-order valence-corrected chi connectivity index (χ1v) is 9.18. The molecule has 0 spiro atoms. The number of nitrogens with zero attached hydrogens (tertiary/aromatic N) is 2. The summed E-state index contributed by atoms with van der Waals surface area (Å²) in [6.07, 6.45) is 0.205. The van der Waals surface area contributed by atoms with E-state index in [0.717, 1.165) is 10.5 Å². The molecule has 4 amide bonds. The minimum Gasteiger partial charge on any atom is -0.399 e. The Morgan fingerprint density at radius 3 is 2.39 bits per heavy atom. The molecule has 2 aromatic carbocycles. The van der Waals surface area contributed by atoms with Crippen molar-refractivity contribution in [1.82, 2.24) is 10.2 Å². The summed E-state index contributed by atoms with van der Waals surface area (Å²) in [7, 11) is 0. The van der Waals surface area contributed by atoms with Gasteiger partial charge in [-0.25, -0.2) is 9.69 Å². The van der Waals surface area contributed by atoms with E-state index in [4.69, 9.17) is 5.73 Å². The molecule has 3 rings (SSSR count). The van der Waals surface area contributed by atoms with E-state index in [-0.39, 0.29) is 24.4 Å². The Morgan fingerprint density at radius 1 is 1.14 bits per heavy atom. The van der Waals surface area contributed by atoms with Crippen LogP contribution in [0, 0.1) is 0 Å². The van der Waals surface area contributed by atoms with Crippen molar-refractivity contribution >= 4 is 29.2 Å². The van der Waals surface area contributed by atoms with E-state index in [2.05, 4.69) is 5.32 Å². The van der Waals surface area contributed by atoms with Gasteiger partial charge < -0.3 is 16.0 Å². The van der Waals surface area contributed by atoms with Gasteiger partial charge in [-0.15, -0.1) is 0 Å². The number of benzene rings is 2. The van der Waals surface area contributed by atoms with E-state index in [1.54, 1.807) is 29.2 Å². The highest BCUT2D eigenvalue weighted by molar-refractivity contribution is 6.13. The lowest BCUT2D eigenvalue weighted by Gasteiger charge is -2.26. The first-order valence-electron chi connectivity index (χ1n) is 9.18. The largest absolute Gasteiger partial charge is 0.399 e. The summed E-state index contributed by atoms with van der Waals surface area (Å²) in [6.45, 7) is 3.68. The number of nitrogens with one attached hydrogen (secondary N) is 1. The quantitative estimate of drug-likeness (QED) is 0.797. The van der Waals surface area contributed by atoms with Crippen LogP contribution in [0.25, 0.3) is 0 Å². The molecule has 1 saturated heterocycles. The third-order valence-corrected chi connectivity index (χ3v) is 4.90. The van der Waals surface area contributed by atoms with E-state index in [1.165, 1.54) is 6.92 Å². The lowest BCUT2D eigenvalue weighted by atomic mass is 10.1. The zero-order valence-electron chi connectivity index (χ0n) is 16.0. The average Bonchev–Trinajstić information content (AvgIpc) is 3.03. The normalized spacial score (nSPS) is 17.3. The van der Waals surface area contributed by atoms with Crippen LogP contribution < -0.4 is 16.0 Å². The number of carbonyl (C=O) groups excluding carboxylic acids is 3. The number of amides is 4. The summed E-state index contributed by atoms with van der Waals surface area (Å²) in [5.74, 6) is -0.440. The maximum Gasteiger partial charge on any atom is 0.329 e. The summed E-state index contributed by atoms with van der Waals surface area (Å²) in [6, 6.07) is 15.2. The highest BCUT2D eigenvalue weighted by Gasteiger charge is 2.35. The van der Waals surface area contributed by atoms with Gasteiger partial charge in [0, 0.05) is 25.6 Å². The number of rotatable bonds is 4. The van der Waals surface area contributed by atoms with Crippen molar-refractivity contribution in [1.29, 1.82) is 0 Å². The Labute approximate surface area is 164 Å². The number of nitrogen functional groups attached to an aromatic ring is 1. The van der Waals surface area contributed by atoms with Crippen LogP contribution in [-0.4, -0.2) is 35.3 Å². The Morgan fingerprint density at radius 2 is 1.79 bits per heavy atom. The number of hydrogen-bond acceptors (Lipinski definition) is 4. The molecule has 3 N–H and O–H groups in total. The molecule has 0 aromatic heterocycles. The molecule has 0 saturated carbocycles. The standard InChI is InChI=1S/C21H24N4O3/c1-14(16-6-4-3-5-7-16)24-13-18(12-20(24)27)23-21(28)25(15(2)26)19-10-8-17(22)9-11-19/h3-11,14,18H,12-13,22H2,1-2H3,(H,23,28). The van der Waals surface area contributed by atoms with Gasteiger partial charge in [0.1, 0.15) is 0 Å². The predicted molar refractivity (Wildman–Crippen MR) is 108 cm³/mol. The SMILES string of the molecule is CC(=O)N(C(=O)NC1CC(=O)N(C(C)c2ccccc2)C1)c1ccc(N)cc1. The second-order valence-electron chi connectivity index (χ2n) is 6.93. The van der Waals surface area contributed by atoms with Crippen LogP contribution in [0.2, 0.25) is 0 Å². The van der Waals surface area contributed by atoms with Gasteiger partial charge in [-0.05, 0) is 36.8 Å². The molecular weight excluding hydrogens is 356 g/mol. The van der Waals surface area contributed by atoms with Gasteiger partial charge in [0.25, 0.3) is 0 Å². The Balaban J connectivity index is 1.69. The molecule has 2 unspecified atom stereocenters. The third kappa shape index (κ3) is 4.14. The molecule has 0 radical (unpaired) electrons. The first-order chi connectivity index (χ1) is 13.4. The number of carbonyl (C=O) groups is 3. The summed E-state index contributed by atoms with van der Waals surface area (Å²) in [5.41, 5.74) is 7.68. The molecule has 146 valence electrons. The minimum atomic E-state index is -0.552. The van der Waals surface area contributed by atoms with Crippen LogP contribution in [0.5, 0.6) is 0 Å². The van der Waals surface area contributed by atoms with Gasteiger partial charge in [-0.3, -0.25) is 9.59 Å². The fourth-order valence-electron chi connectivity index (χ4n) is 3.42. The molecule has 0 bridgehead atoms. The number of hydrogen-bond donors (Lipinski definition) is 2. The Hall–Kier alpha value is -3.35. The summed E-state index contributed by atoms with van der Waals surface area (Å²) < 4.78 is 0. The molecule has 1 heterocycles. The van der Waals surface area contributed by atoms with Crippen molar-refractivity contribution in [2.75, 3.05) is 17.2 Å². The lowest BCUT2D eigenvalue weighted by molar-refractivity contribution is -0.129. The third-order valence-electron chi connectivity index (χ3n) is 4.90. The average molecular weight is 380 g/mol. The molecule has 1 fully saturated rings. The van der Waals surface area contributed by atoms with E-state index >= 15 is 0 Å². The molecule has 0 aliphatic carbocycles. The van der Waals surface area contributed by atoms with Gasteiger partial charge in [0.15, 0.2) is 0 Å². The topological polar surface area (TPSA) is 95.7 Å².